The summed E-state index contributed by atoms with van der Waals surface area (Å²) < 4.78 is 40.6. The summed E-state index contributed by atoms with van der Waals surface area (Å²) in [6, 6.07) is 14.7. The maximum absolute atomic E-state index is 13.0. The molecule has 35 heavy (non-hydrogen) atoms. The number of benzene rings is 2. The molecule has 4 rings (SSSR count). The minimum absolute atomic E-state index is 0.00359. The zero-order valence-corrected chi connectivity index (χ0v) is 20.0. The largest absolute Gasteiger partial charge is 0.340 e. The highest BCUT2D eigenvalue weighted by atomic mass is 32.2. The molecule has 0 aliphatic rings. The van der Waals surface area contributed by atoms with Gasteiger partial charge in [-0.25, -0.2) is 37.5 Å². The monoisotopic (exact) mass is 510 g/mol. The van der Waals surface area contributed by atoms with Gasteiger partial charge in [0.2, 0.25) is 5.95 Å². The summed E-state index contributed by atoms with van der Waals surface area (Å²) in [6.45, 7) is 1.74. The third-order valence-corrected chi connectivity index (χ3v) is 6.80. The number of halogens is 1. The Kier molecular flexibility index (Phi) is 7.32. The van der Waals surface area contributed by atoms with Crippen LogP contribution in [0.25, 0.3) is 0 Å². The summed E-state index contributed by atoms with van der Waals surface area (Å²) in [7, 11) is -3.85. The summed E-state index contributed by atoms with van der Waals surface area (Å²) in [5.41, 5.74) is 1.65. The molecule has 0 saturated carbocycles. The highest BCUT2D eigenvalue weighted by Gasteiger charge is 2.16. The van der Waals surface area contributed by atoms with Crippen molar-refractivity contribution in [3.8, 4) is 0 Å². The molecule has 0 unspecified atom stereocenters. The van der Waals surface area contributed by atoms with Gasteiger partial charge in [0, 0.05) is 29.3 Å². The van der Waals surface area contributed by atoms with E-state index in [9.17, 15) is 17.6 Å². The standard InChI is InChI=1S/C23H19FN6O3S2/c1-15-10-12-25-22(27-15)30-35(32,33)19-8-6-18(7-9-19)28-21-11-13-26-23(29-21)34-14-20(31)16-2-4-17(24)5-3-16/h2-13H,14H2,1H3,(H,25,27,30)(H,26,28,29). The minimum Gasteiger partial charge on any atom is -0.340 e. The van der Waals surface area contributed by atoms with Crippen molar-refractivity contribution in [1.82, 2.24) is 19.9 Å². The second kappa shape index (κ2) is 10.6. The number of thioether (sulfide) groups is 1. The highest BCUT2D eigenvalue weighted by Crippen LogP contribution is 2.21. The van der Waals surface area contributed by atoms with Gasteiger partial charge in [-0.1, -0.05) is 11.8 Å². The first-order chi connectivity index (χ1) is 16.8. The van der Waals surface area contributed by atoms with Gasteiger partial charge in [-0.2, -0.15) is 0 Å². The summed E-state index contributed by atoms with van der Waals surface area (Å²) in [4.78, 5) is 28.8. The van der Waals surface area contributed by atoms with Crippen LogP contribution in [0, 0.1) is 12.7 Å². The average molecular weight is 511 g/mol. The lowest BCUT2D eigenvalue weighted by Crippen LogP contribution is -2.15. The molecule has 2 N–H and O–H groups in total. The number of aromatic nitrogens is 4. The summed E-state index contributed by atoms with van der Waals surface area (Å²) in [6.07, 6.45) is 3.02. The molecule has 2 heterocycles. The summed E-state index contributed by atoms with van der Waals surface area (Å²) >= 11 is 1.16. The molecule has 0 amide bonds. The van der Waals surface area contributed by atoms with E-state index >= 15 is 0 Å². The number of Topliss-reactive ketones (excluding diaryl/α,β-unsaturated/α-hetero) is 1. The molecule has 0 aliphatic carbocycles. The second-order valence-corrected chi connectivity index (χ2v) is 9.84. The van der Waals surface area contributed by atoms with Gasteiger partial charge >= 0.3 is 0 Å². The van der Waals surface area contributed by atoms with Gasteiger partial charge in [-0.15, -0.1) is 0 Å². The molecule has 0 atom stereocenters. The number of nitrogens with one attached hydrogen (secondary N) is 2. The molecule has 2 aromatic heterocycles. The predicted octanol–water partition coefficient (Wildman–Crippen LogP) is 4.23. The van der Waals surface area contributed by atoms with Crippen molar-refractivity contribution in [2.24, 2.45) is 0 Å². The fraction of sp³-hybridized carbons (Fsp3) is 0.0870. The summed E-state index contributed by atoms with van der Waals surface area (Å²) in [5.74, 6) is -0.00840. The SMILES string of the molecule is Cc1ccnc(NS(=O)(=O)c2ccc(Nc3ccnc(SCC(=O)c4ccc(F)cc4)n3)cc2)n1. The molecule has 9 nitrogen and oxygen atoms in total. The van der Waals surface area contributed by atoms with Crippen molar-refractivity contribution in [1.29, 1.82) is 0 Å². The van der Waals surface area contributed by atoms with E-state index in [0.717, 1.165) is 11.8 Å². The Morgan fingerprint density at radius 1 is 0.943 bits per heavy atom. The van der Waals surface area contributed by atoms with Crippen LogP contribution in [-0.4, -0.2) is 39.9 Å². The first-order valence-electron chi connectivity index (χ1n) is 10.2. The molecule has 0 spiro atoms. The van der Waals surface area contributed by atoms with Gasteiger partial charge in [-0.05, 0) is 67.6 Å². The molecule has 12 heteroatoms. The van der Waals surface area contributed by atoms with Gasteiger partial charge < -0.3 is 5.32 Å². The Bertz CT molecular complexity index is 1450. The fourth-order valence-corrected chi connectivity index (χ4v) is 4.55. The van der Waals surface area contributed by atoms with Crippen LogP contribution >= 0.6 is 11.8 Å². The van der Waals surface area contributed by atoms with Crippen LogP contribution in [0.5, 0.6) is 0 Å². The topological polar surface area (TPSA) is 127 Å². The number of hydrogen-bond acceptors (Lipinski definition) is 9. The van der Waals surface area contributed by atoms with Crippen LogP contribution < -0.4 is 10.0 Å². The molecular weight excluding hydrogens is 491 g/mol. The maximum Gasteiger partial charge on any atom is 0.264 e. The zero-order valence-electron chi connectivity index (χ0n) is 18.3. The molecule has 0 aliphatic heterocycles. The van der Waals surface area contributed by atoms with Crippen molar-refractivity contribution < 1.29 is 17.6 Å². The number of aryl methyl sites for hydroxylation is 1. The van der Waals surface area contributed by atoms with Crippen LogP contribution in [-0.2, 0) is 10.0 Å². The first-order valence-corrected chi connectivity index (χ1v) is 12.7. The molecule has 0 saturated heterocycles. The molecule has 0 fully saturated rings. The van der Waals surface area contributed by atoms with Crippen LogP contribution in [0.2, 0.25) is 0 Å². The number of ketones is 1. The van der Waals surface area contributed by atoms with Gasteiger partial charge in [0.15, 0.2) is 10.9 Å². The van der Waals surface area contributed by atoms with E-state index in [1.807, 2.05) is 0 Å². The van der Waals surface area contributed by atoms with Gasteiger partial charge in [-0.3, -0.25) is 4.79 Å². The predicted molar refractivity (Wildman–Crippen MR) is 131 cm³/mol. The Labute approximate surface area is 205 Å². The molecule has 2 aromatic carbocycles. The first kappa shape index (κ1) is 24.2. The van der Waals surface area contributed by atoms with Gasteiger partial charge in [0.05, 0.1) is 10.6 Å². The van der Waals surface area contributed by atoms with E-state index in [1.54, 1.807) is 37.4 Å². The lowest BCUT2D eigenvalue weighted by atomic mass is 10.1. The van der Waals surface area contributed by atoms with Crippen molar-refractivity contribution in [3.63, 3.8) is 0 Å². The lowest BCUT2D eigenvalue weighted by Gasteiger charge is -2.09. The third-order valence-electron chi connectivity index (χ3n) is 4.59. The van der Waals surface area contributed by atoms with Crippen molar-refractivity contribution >= 4 is 45.0 Å². The maximum atomic E-state index is 13.0. The van der Waals surface area contributed by atoms with Crippen LogP contribution in [0.4, 0.5) is 21.8 Å². The normalized spacial score (nSPS) is 11.1. The van der Waals surface area contributed by atoms with Crippen LogP contribution in [0.1, 0.15) is 16.1 Å². The van der Waals surface area contributed by atoms with Crippen LogP contribution in [0.3, 0.4) is 0 Å². The van der Waals surface area contributed by atoms with Crippen molar-refractivity contribution in [3.05, 3.63) is 90.1 Å². The molecule has 0 bridgehead atoms. The molecule has 4 aromatic rings. The van der Waals surface area contributed by atoms with Crippen molar-refractivity contribution in [2.45, 2.75) is 17.0 Å². The van der Waals surface area contributed by atoms with E-state index < -0.39 is 15.8 Å². The zero-order chi connectivity index (χ0) is 24.8. The number of carbonyl (C=O) groups is 1. The molecule has 178 valence electrons. The Morgan fingerprint density at radius 2 is 1.66 bits per heavy atom. The highest BCUT2D eigenvalue weighted by molar-refractivity contribution is 7.99. The van der Waals surface area contributed by atoms with E-state index in [0.29, 0.717) is 27.9 Å². The number of carbonyl (C=O) groups excluding carboxylic acids is 1. The molecule has 0 radical (unpaired) electrons. The third kappa shape index (κ3) is 6.58. The number of anilines is 3. The average Bonchev–Trinajstić information content (AvgIpc) is 2.83. The molecular formula is C23H19FN6O3S2. The van der Waals surface area contributed by atoms with Crippen LogP contribution in [0.15, 0.2) is 83.1 Å². The minimum atomic E-state index is -3.85. The summed E-state index contributed by atoms with van der Waals surface area (Å²) in [5, 5.41) is 3.46. The van der Waals surface area contributed by atoms with Crippen molar-refractivity contribution in [2.75, 3.05) is 15.8 Å². The van der Waals surface area contributed by atoms with E-state index in [1.165, 1.54) is 42.6 Å². The number of hydrogen-bond donors (Lipinski definition) is 2. The van der Waals surface area contributed by atoms with E-state index in [4.69, 9.17) is 0 Å². The fourth-order valence-electron chi connectivity index (χ4n) is 2.87. The smallest absolute Gasteiger partial charge is 0.264 e. The Hall–Kier alpha value is -3.90. The number of rotatable bonds is 9. The number of nitrogens with zero attached hydrogens (tertiary/aromatic N) is 4. The van der Waals surface area contributed by atoms with Gasteiger partial charge in [0.1, 0.15) is 11.6 Å². The van der Waals surface area contributed by atoms with E-state index in [2.05, 4.69) is 30.0 Å². The Morgan fingerprint density at radius 3 is 2.37 bits per heavy atom. The quantitative estimate of drug-likeness (QED) is 0.193. The lowest BCUT2D eigenvalue weighted by molar-refractivity contribution is 0.102. The van der Waals surface area contributed by atoms with Gasteiger partial charge in [0.25, 0.3) is 10.0 Å². The second-order valence-electron chi connectivity index (χ2n) is 7.22. The number of sulfonamides is 1. The Balaban J connectivity index is 1.38. The van der Waals surface area contributed by atoms with E-state index in [-0.39, 0.29) is 22.4 Å².